The van der Waals surface area contributed by atoms with Gasteiger partial charge in [-0.05, 0) is 42.5 Å². The zero-order chi connectivity index (χ0) is 15.4. The van der Waals surface area contributed by atoms with Gasteiger partial charge in [-0.2, -0.15) is 5.10 Å². The lowest BCUT2D eigenvalue weighted by Crippen LogP contribution is -1.89. The summed E-state index contributed by atoms with van der Waals surface area (Å²) in [5.41, 5.74) is 4.60. The van der Waals surface area contributed by atoms with E-state index in [0.29, 0.717) is 21.6 Å². The molecule has 4 nitrogen and oxygen atoms in total. The van der Waals surface area contributed by atoms with Crippen LogP contribution in [-0.2, 0) is 0 Å². The third kappa shape index (κ3) is 3.47. The molecule has 6 heteroatoms. The number of hydrogen-bond acceptors (Lipinski definition) is 4. The molecule has 0 aliphatic carbocycles. The molecule has 0 bridgehead atoms. The van der Waals surface area contributed by atoms with Crippen LogP contribution in [0.3, 0.4) is 0 Å². The van der Waals surface area contributed by atoms with Crippen molar-refractivity contribution in [2.45, 2.75) is 0 Å². The molecule has 0 unspecified atom stereocenters. The summed E-state index contributed by atoms with van der Waals surface area (Å²) in [5, 5.41) is 5.11. The Morgan fingerprint density at radius 2 is 1.82 bits per heavy atom. The highest BCUT2D eigenvalue weighted by molar-refractivity contribution is 6.42. The first-order chi connectivity index (χ1) is 10.7. The zero-order valence-corrected chi connectivity index (χ0v) is 12.8. The average Bonchev–Trinajstić information content (AvgIpc) is 3.00. The largest absolute Gasteiger partial charge is 0.455 e. The van der Waals surface area contributed by atoms with Crippen LogP contribution in [0, 0.1) is 0 Å². The van der Waals surface area contributed by atoms with Gasteiger partial charge in [0, 0.05) is 18.0 Å². The number of nitrogens with one attached hydrogen (secondary N) is 1. The molecule has 2 aromatic heterocycles. The molecular weight excluding hydrogens is 321 g/mol. The number of aromatic nitrogens is 1. The summed E-state index contributed by atoms with van der Waals surface area (Å²) in [4.78, 5) is 3.93. The summed E-state index contributed by atoms with van der Waals surface area (Å²) in [6.07, 6.45) is 4.97. The fraction of sp³-hybridized carbons (Fsp3) is 0. The molecule has 110 valence electrons. The highest BCUT2D eigenvalue weighted by atomic mass is 35.5. The molecule has 0 atom stereocenters. The SMILES string of the molecule is Clc1ccc(-c2ccc(/C=N/Nc3ccncc3)o2)cc1Cl. The van der Waals surface area contributed by atoms with Crippen molar-refractivity contribution in [2.75, 3.05) is 5.43 Å². The molecule has 1 N–H and O–H groups in total. The first kappa shape index (κ1) is 14.6. The van der Waals surface area contributed by atoms with E-state index in [1.165, 1.54) is 0 Å². The lowest BCUT2D eigenvalue weighted by molar-refractivity contribution is 0.575. The second-order valence-electron chi connectivity index (χ2n) is 4.44. The van der Waals surface area contributed by atoms with Crippen molar-refractivity contribution < 1.29 is 4.42 Å². The number of anilines is 1. The monoisotopic (exact) mass is 331 g/mol. The van der Waals surface area contributed by atoms with Crippen molar-refractivity contribution in [2.24, 2.45) is 5.10 Å². The number of pyridine rings is 1. The molecule has 0 radical (unpaired) electrons. The van der Waals surface area contributed by atoms with E-state index in [4.69, 9.17) is 27.6 Å². The van der Waals surface area contributed by atoms with Gasteiger partial charge in [0.05, 0.1) is 21.9 Å². The molecule has 3 rings (SSSR count). The topological polar surface area (TPSA) is 50.4 Å². The Hall–Kier alpha value is -2.30. The van der Waals surface area contributed by atoms with Crippen molar-refractivity contribution in [3.8, 4) is 11.3 Å². The van der Waals surface area contributed by atoms with Crippen LogP contribution in [0.1, 0.15) is 5.76 Å². The van der Waals surface area contributed by atoms with Crippen molar-refractivity contribution >= 4 is 35.1 Å². The van der Waals surface area contributed by atoms with Gasteiger partial charge >= 0.3 is 0 Å². The zero-order valence-electron chi connectivity index (χ0n) is 11.3. The summed E-state index contributed by atoms with van der Waals surface area (Å²) in [7, 11) is 0. The average molecular weight is 332 g/mol. The summed E-state index contributed by atoms with van der Waals surface area (Å²) in [6, 6.07) is 12.7. The van der Waals surface area contributed by atoms with Gasteiger partial charge in [-0.3, -0.25) is 10.4 Å². The number of hydrazone groups is 1. The predicted octanol–water partition coefficient (Wildman–Crippen LogP) is 5.09. The van der Waals surface area contributed by atoms with Crippen LogP contribution >= 0.6 is 23.2 Å². The summed E-state index contributed by atoms with van der Waals surface area (Å²) in [5.74, 6) is 1.33. The van der Waals surface area contributed by atoms with Gasteiger partial charge in [-0.15, -0.1) is 0 Å². The first-order valence-electron chi connectivity index (χ1n) is 6.47. The van der Waals surface area contributed by atoms with Crippen LogP contribution in [0.2, 0.25) is 10.0 Å². The van der Waals surface area contributed by atoms with Gasteiger partial charge in [0.2, 0.25) is 0 Å². The Balaban J connectivity index is 1.72. The number of rotatable bonds is 4. The molecule has 3 aromatic rings. The van der Waals surface area contributed by atoms with Crippen molar-refractivity contribution in [3.05, 3.63) is 70.7 Å². The van der Waals surface area contributed by atoms with Gasteiger partial charge < -0.3 is 4.42 Å². The van der Waals surface area contributed by atoms with Gasteiger partial charge in [0.1, 0.15) is 11.5 Å². The van der Waals surface area contributed by atoms with E-state index in [9.17, 15) is 0 Å². The fourth-order valence-electron chi connectivity index (χ4n) is 1.82. The number of hydrogen-bond donors (Lipinski definition) is 1. The van der Waals surface area contributed by atoms with Gasteiger partial charge in [-0.25, -0.2) is 0 Å². The lowest BCUT2D eigenvalue weighted by atomic mass is 10.2. The lowest BCUT2D eigenvalue weighted by Gasteiger charge is -1.99. The quantitative estimate of drug-likeness (QED) is 0.534. The minimum atomic E-state index is 0.491. The van der Waals surface area contributed by atoms with Crippen molar-refractivity contribution in [1.29, 1.82) is 0 Å². The summed E-state index contributed by atoms with van der Waals surface area (Å²) < 4.78 is 5.70. The normalized spacial score (nSPS) is 11.0. The molecule has 0 aliphatic heterocycles. The van der Waals surface area contributed by atoms with E-state index < -0.39 is 0 Å². The minimum Gasteiger partial charge on any atom is -0.455 e. The van der Waals surface area contributed by atoms with Crippen molar-refractivity contribution in [3.63, 3.8) is 0 Å². The van der Waals surface area contributed by atoms with Gasteiger partial charge in [0.25, 0.3) is 0 Å². The van der Waals surface area contributed by atoms with Gasteiger partial charge in [-0.1, -0.05) is 23.2 Å². The van der Waals surface area contributed by atoms with E-state index in [-0.39, 0.29) is 0 Å². The highest BCUT2D eigenvalue weighted by Crippen LogP contribution is 2.29. The van der Waals surface area contributed by atoms with Crippen LogP contribution in [0.15, 0.2) is 64.4 Å². The molecule has 0 amide bonds. The Labute approximate surface area is 137 Å². The number of furan rings is 1. The standard InChI is InChI=1S/C16H11Cl2N3O/c17-14-3-1-11(9-15(14)18)16-4-2-13(22-16)10-20-21-12-5-7-19-8-6-12/h1-10H,(H,19,21)/b20-10+. The molecule has 0 fully saturated rings. The minimum absolute atomic E-state index is 0.491. The van der Waals surface area contributed by atoms with E-state index in [2.05, 4.69) is 15.5 Å². The van der Waals surface area contributed by atoms with E-state index in [0.717, 1.165) is 11.3 Å². The highest BCUT2D eigenvalue weighted by Gasteiger charge is 2.06. The van der Waals surface area contributed by atoms with Crippen LogP contribution < -0.4 is 5.43 Å². The third-order valence-electron chi connectivity index (χ3n) is 2.90. The van der Waals surface area contributed by atoms with E-state index in [1.807, 2.05) is 30.3 Å². The van der Waals surface area contributed by atoms with Crippen LogP contribution in [-0.4, -0.2) is 11.2 Å². The van der Waals surface area contributed by atoms with Crippen LogP contribution in [0.4, 0.5) is 5.69 Å². The maximum Gasteiger partial charge on any atom is 0.147 e. The molecule has 0 spiro atoms. The molecule has 0 saturated carbocycles. The van der Waals surface area contributed by atoms with Gasteiger partial charge in [0.15, 0.2) is 0 Å². The van der Waals surface area contributed by atoms with E-state index >= 15 is 0 Å². The maximum absolute atomic E-state index is 6.01. The Morgan fingerprint density at radius 1 is 1.00 bits per heavy atom. The molecular formula is C16H11Cl2N3O. The fourth-order valence-corrected chi connectivity index (χ4v) is 2.12. The predicted molar refractivity (Wildman–Crippen MR) is 89.6 cm³/mol. The third-order valence-corrected chi connectivity index (χ3v) is 3.64. The van der Waals surface area contributed by atoms with E-state index in [1.54, 1.807) is 30.7 Å². The number of halogens is 2. The Morgan fingerprint density at radius 3 is 2.59 bits per heavy atom. The second kappa shape index (κ2) is 6.64. The molecule has 1 aromatic carbocycles. The number of nitrogens with zero attached hydrogens (tertiary/aromatic N) is 2. The Bertz CT molecular complexity index is 800. The smallest absolute Gasteiger partial charge is 0.147 e. The van der Waals surface area contributed by atoms with Crippen LogP contribution in [0.25, 0.3) is 11.3 Å². The summed E-state index contributed by atoms with van der Waals surface area (Å²) in [6.45, 7) is 0. The summed E-state index contributed by atoms with van der Waals surface area (Å²) >= 11 is 11.9. The molecule has 2 heterocycles. The first-order valence-corrected chi connectivity index (χ1v) is 7.22. The van der Waals surface area contributed by atoms with Crippen molar-refractivity contribution in [1.82, 2.24) is 4.98 Å². The maximum atomic E-state index is 6.01. The molecule has 0 aliphatic rings. The van der Waals surface area contributed by atoms with Crippen LogP contribution in [0.5, 0.6) is 0 Å². The molecule has 22 heavy (non-hydrogen) atoms. The number of benzene rings is 1. The molecule has 0 saturated heterocycles. The Kier molecular flexibility index (Phi) is 4.42. The second-order valence-corrected chi connectivity index (χ2v) is 5.25.